The first kappa shape index (κ1) is 28.5. The number of hydrogen-bond donors (Lipinski definition) is 3. The molecule has 0 aliphatic carbocycles. The second-order valence-corrected chi connectivity index (χ2v) is 9.44. The standard InChI is InChI=1S/C25H34F3N3O6/c1-3-15-12-31(21(33)14-36-18-5-7-19(8-6-18)37-25(26,27)28)22(20(15)4-2)24(35)30-17(13-32)11-16-9-10-29-23(16)34/h5-8,15-17,20,22,32H,3-4,9-14H2,1-2H3,(H,29,34)(H,30,35)/t15?,16-,17-,20-,22-/m0/s1. The SMILES string of the molecule is CCC1CN(C(=O)COc2ccc(OC(F)(F)F)cc2)[C@H](C(=O)N[C@H](CO)C[C@@H]2CCNC2=O)[C@H]1CC. The number of halogens is 3. The summed E-state index contributed by atoms with van der Waals surface area (Å²) in [6.07, 6.45) is -2.45. The van der Waals surface area contributed by atoms with Crippen molar-refractivity contribution in [2.45, 2.75) is 58.0 Å². The van der Waals surface area contributed by atoms with Crippen molar-refractivity contribution in [2.24, 2.45) is 17.8 Å². The molecule has 0 spiro atoms. The van der Waals surface area contributed by atoms with Crippen molar-refractivity contribution in [1.29, 1.82) is 0 Å². The molecule has 2 saturated heterocycles. The van der Waals surface area contributed by atoms with Crippen LogP contribution in [0.25, 0.3) is 0 Å². The van der Waals surface area contributed by atoms with Gasteiger partial charge in [0, 0.05) is 19.0 Å². The zero-order valence-corrected chi connectivity index (χ0v) is 20.9. The monoisotopic (exact) mass is 529 g/mol. The normalized spacial score (nSPS) is 24.5. The maximum Gasteiger partial charge on any atom is 0.573 e. The number of carbonyl (C=O) groups is 3. The first-order chi connectivity index (χ1) is 17.6. The molecular weight excluding hydrogens is 495 g/mol. The summed E-state index contributed by atoms with van der Waals surface area (Å²) in [6.45, 7) is 4.14. The predicted molar refractivity (Wildman–Crippen MR) is 126 cm³/mol. The van der Waals surface area contributed by atoms with E-state index in [4.69, 9.17) is 4.74 Å². The molecule has 0 radical (unpaired) electrons. The molecule has 9 nitrogen and oxygen atoms in total. The number of aliphatic hydroxyl groups is 1. The van der Waals surface area contributed by atoms with Crippen molar-refractivity contribution < 1.29 is 42.1 Å². The molecule has 2 heterocycles. The number of benzene rings is 1. The molecule has 1 unspecified atom stereocenters. The van der Waals surface area contributed by atoms with Crippen molar-refractivity contribution in [1.82, 2.24) is 15.5 Å². The lowest BCUT2D eigenvalue weighted by molar-refractivity contribution is -0.274. The summed E-state index contributed by atoms with van der Waals surface area (Å²) in [7, 11) is 0. The Balaban J connectivity index is 1.66. The van der Waals surface area contributed by atoms with Crippen LogP contribution < -0.4 is 20.1 Å². The largest absolute Gasteiger partial charge is 0.573 e. The maximum absolute atomic E-state index is 13.4. The molecule has 0 bridgehead atoms. The fourth-order valence-corrected chi connectivity index (χ4v) is 5.22. The Bertz CT molecular complexity index is 943. The van der Waals surface area contributed by atoms with Crippen LogP contribution in [0.3, 0.4) is 0 Å². The number of aliphatic hydroxyl groups excluding tert-OH is 1. The van der Waals surface area contributed by atoms with Crippen molar-refractivity contribution in [2.75, 3.05) is 26.3 Å². The molecule has 0 aromatic heterocycles. The minimum Gasteiger partial charge on any atom is -0.484 e. The Labute approximate surface area is 213 Å². The third-order valence-electron chi connectivity index (χ3n) is 7.08. The molecule has 0 saturated carbocycles. The predicted octanol–water partition coefficient (Wildman–Crippen LogP) is 2.23. The number of hydrogen-bond acceptors (Lipinski definition) is 6. The Morgan fingerprint density at radius 2 is 1.86 bits per heavy atom. The third-order valence-corrected chi connectivity index (χ3v) is 7.08. The van der Waals surface area contributed by atoms with E-state index in [1.54, 1.807) is 0 Å². The Morgan fingerprint density at radius 1 is 1.19 bits per heavy atom. The van der Waals surface area contributed by atoms with E-state index in [0.29, 0.717) is 32.4 Å². The van der Waals surface area contributed by atoms with Gasteiger partial charge in [0.1, 0.15) is 17.5 Å². The van der Waals surface area contributed by atoms with Crippen LogP contribution in [-0.2, 0) is 14.4 Å². The maximum atomic E-state index is 13.4. The van der Waals surface area contributed by atoms with Gasteiger partial charge in [0.2, 0.25) is 11.8 Å². The van der Waals surface area contributed by atoms with Crippen LogP contribution >= 0.6 is 0 Å². The van der Waals surface area contributed by atoms with E-state index in [2.05, 4.69) is 15.4 Å². The van der Waals surface area contributed by atoms with Gasteiger partial charge in [-0.25, -0.2) is 0 Å². The topological polar surface area (TPSA) is 117 Å². The lowest BCUT2D eigenvalue weighted by Gasteiger charge is -2.29. The van der Waals surface area contributed by atoms with E-state index in [1.165, 1.54) is 17.0 Å². The number of nitrogens with zero attached hydrogens (tertiary/aromatic N) is 1. The van der Waals surface area contributed by atoms with Gasteiger partial charge in [0.15, 0.2) is 6.61 Å². The average Bonchev–Trinajstić information content (AvgIpc) is 3.44. The second kappa shape index (κ2) is 12.5. The molecule has 2 aliphatic heterocycles. The molecule has 37 heavy (non-hydrogen) atoms. The highest BCUT2D eigenvalue weighted by atomic mass is 19.4. The van der Waals surface area contributed by atoms with Crippen molar-refractivity contribution in [3.8, 4) is 11.5 Å². The molecule has 3 amide bonds. The van der Waals surface area contributed by atoms with Gasteiger partial charge in [-0.1, -0.05) is 26.7 Å². The smallest absolute Gasteiger partial charge is 0.484 e. The van der Waals surface area contributed by atoms with Gasteiger partial charge in [-0.15, -0.1) is 13.2 Å². The highest BCUT2D eigenvalue weighted by Gasteiger charge is 2.46. The number of alkyl halides is 3. The van der Waals surface area contributed by atoms with Crippen molar-refractivity contribution in [3.63, 3.8) is 0 Å². The first-order valence-corrected chi connectivity index (χ1v) is 12.5. The van der Waals surface area contributed by atoms with Crippen molar-refractivity contribution in [3.05, 3.63) is 24.3 Å². The summed E-state index contributed by atoms with van der Waals surface area (Å²) in [6, 6.07) is 3.30. The number of rotatable bonds is 11. The average molecular weight is 530 g/mol. The number of carbonyl (C=O) groups excluding carboxylic acids is 3. The summed E-state index contributed by atoms with van der Waals surface area (Å²) in [5.41, 5.74) is 0. The fraction of sp³-hybridized carbons (Fsp3) is 0.640. The molecular formula is C25H34F3N3O6. The van der Waals surface area contributed by atoms with Crippen LogP contribution in [0.15, 0.2) is 24.3 Å². The van der Waals surface area contributed by atoms with E-state index in [9.17, 15) is 32.7 Å². The van der Waals surface area contributed by atoms with E-state index >= 15 is 0 Å². The molecule has 5 atom stereocenters. The number of amides is 3. The van der Waals surface area contributed by atoms with Gasteiger partial charge < -0.3 is 30.1 Å². The van der Waals surface area contributed by atoms with Crippen LogP contribution in [0.5, 0.6) is 11.5 Å². The minimum atomic E-state index is -4.81. The Kier molecular flexibility index (Phi) is 9.63. The van der Waals surface area contributed by atoms with Gasteiger partial charge in [-0.2, -0.15) is 0 Å². The summed E-state index contributed by atoms with van der Waals surface area (Å²) in [4.78, 5) is 39.9. The van der Waals surface area contributed by atoms with Crippen LogP contribution in [-0.4, -0.2) is 72.5 Å². The molecule has 2 fully saturated rings. The quantitative estimate of drug-likeness (QED) is 0.405. The molecule has 3 rings (SSSR count). The van der Waals surface area contributed by atoms with Crippen LogP contribution in [0, 0.1) is 17.8 Å². The summed E-state index contributed by atoms with van der Waals surface area (Å²) in [5, 5.41) is 15.4. The van der Waals surface area contributed by atoms with E-state index in [0.717, 1.165) is 18.6 Å². The van der Waals surface area contributed by atoms with E-state index < -0.39 is 36.7 Å². The zero-order valence-electron chi connectivity index (χ0n) is 20.9. The fourth-order valence-electron chi connectivity index (χ4n) is 5.22. The summed E-state index contributed by atoms with van der Waals surface area (Å²) < 4.78 is 46.3. The molecule has 1 aromatic carbocycles. The number of ether oxygens (including phenoxy) is 2. The lowest BCUT2D eigenvalue weighted by Crippen LogP contribution is -2.53. The Hall–Kier alpha value is -3.02. The van der Waals surface area contributed by atoms with Gasteiger partial charge in [0.05, 0.1) is 12.6 Å². The molecule has 3 N–H and O–H groups in total. The van der Waals surface area contributed by atoms with Gasteiger partial charge in [0.25, 0.3) is 5.91 Å². The second-order valence-electron chi connectivity index (χ2n) is 9.44. The molecule has 1 aromatic rings. The number of likely N-dealkylation sites (tertiary alicyclic amines) is 1. The zero-order chi connectivity index (χ0) is 27.2. The molecule has 12 heteroatoms. The number of nitrogens with one attached hydrogen (secondary N) is 2. The molecule has 2 aliphatic rings. The van der Waals surface area contributed by atoms with Gasteiger partial charge >= 0.3 is 6.36 Å². The highest BCUT2D eigenvalue weighted by molar-refractivity contribution is 5.89. The van der Waals surface area contributed by atoms with Crippen LogP contribution in [0.2, 0.25) is 0 Å². The van der Waals surface area contributed by atoms with E-state index in [1.807, 2.05) is 13.8 Å². The third kappa shape index (κ3) is 7.50. The van der Waals surface area contributed by atoms with Crippen LogP contribution in [0.1, 0.15) is 39.5 Å². The minimum absolute atomic E-state index is 0.0942. The van der Waals surface area contributed by atoms with Gasteiger partial charge in [-0.3, -0.25) is 14.4 Å². The summed E-state index contributed by atoms with van der Waals surface area (Å²) >= 11 is 0. The first-order valence-electron chi connectivity index (χ1n) is 12.5. The highest BCUT2D eigenvalue weighted by Crippen LogP contribution is 2.35. The van der Waals surface area contributed by atoms with Crippen LogP contribution in [0.4, 0.5) is 13.2 Å². The van der Waals surface area contributed by atoms with Gasteiger partial charge in [-0.05, 0) is 48.9 Å². The van der Waals surface area contributed by atoms with Crippen molar-refractivity contribution >= 4 is 17.7 Å². The lowest BCUT2D eigenvalue weighted by atomic mass is 9.86. The molecule has 206 valence electrons. The Morgan fingerprint density at radius 3 is 2.41 bits per heavy atom. The van der Waals surface area contributed by atoms with E-state index in [-0.39, 0.29) is 41.9 Å². The summed E-state index contributed by atoms with van der Waals surface area (Å²) in [5.74, 6) is -1.44.